The van der Waals surface area contributed by atoms with Crippen LogP contribution in [0.1, 0.15) is 71.1 Å². The molecule has 7 nitrogen and oxygen atoms in total. The molecule has 0 fully saturated rings. The van der Waals surface area contributed by atoms with Crippen LogP contribution < -0.4 is 0 Å². The monoisotopic (exact) mass is 358 g/mol. The van der Waals surface area contributed by atoms with E-state index in [-0.39, 0.29) is 19.8 Å². The number of hydrogen-bond acceptors (Lipinski definition) is 6. The lowest BCUT2D eigenvalue weighted by molar-refractivity contribution is 0.0450. The van der Waals surface area contributed by atoms with E-state index in [1.165, 1.54) is 44.9 Å². The predicted octanol–water partition coefficient (Wildman–Crippen LogP) is 2.06. The van der Waals surface area contributed by atoms with Gasteiger partial charge in [0.1, 0.15) is 6.10 Å². The Balaban J connectivity index is 0. The van der Waals surface area contributed by atoms with Crippen molar-refractivity contribution in [1.29, 1.82) is 0 Å². The lowest BCUT2D eigenvalue weighted by Crippen LogP contribution is -2.15. The van der Waals surface area contributed by atoms with E-state index in [4.69, 9.17) is 19.9 Å². The minimum absolute atomic E-state index is 0.0926. The molecule has 0 aliphatic carbocycles. The summed E-state index contributed by atoms with van der Waals surface area (Å²) in [5.74, 6) is 0. The van der Waals surface area contributed by atoms with E-state index in [9.17, 15) is 8.42 Å². The lowest BCUT2D eigenvalue weighted by Gasteiger charge is -2.02. The van der Waals surface area contributed by atoms with Crippen LogP contribution in [0, 0.1) is 0 Å². The molecule has 0 aliphatic rings. The van der Waals surface area contributed by atoms with Crippen LogP contribution in [0.5, 0.6) is 0 Å². The molecule has 0 bridgehead atoms. The first-order valence-electron chi connectivity index (χ1n) is 8.39. The molecule has 0 radical (unpaired) electrons. The second-order valence-corrected chi connectivity index (χ2v) is 6.54. The third kappa shape index (κ3) is 26.9. The Morgan fingerprint density at radius 2 is 1.22 bits per heavy atom. The summed E-state index contributed by atoms with van der Waals surface area (Å²) < 4.78 is 33.0. The highest BCUT2D eigenvalue weighted by Crippen LogP contribution is 2.10. The topological polar surface area (TPSA) is 124 Å². The third-order valence-electron chi connectivity index (χ3n) is 3.15. The minimum Gasteiger partial charge on any atom is -0.394 e. The van der Waals surface area contributed by atoms with Crippen molar-refractivity contribution in [2.45, 2.75) is 77.2 Å². The molecule has 0 amide bonds. The zero-order chi connectivity index (χ0) is 18.0. The first-order chi connectivity index (χ1) is 10.9. The maximum Gasteiger partial charge on any atom is 0.397 e. The fourth-order valence-electron chi connectivity index (χ4n) is 1.81. The van der Waals surface area contributed by atoms with Crippen LogP contribution in [-0.2, 0) is 14.6 Å². The molecular formula is C15H34O7S. The fraction of sp³-hybridized carbons (Fsp3) is 1.00. The standard InChI is InChI=1S/C12H26O4S.C3H8O3/c1-2-3-4-5-6-7-8-9-10-11-12-16-17(13,14)15;4-1-3(6)2-5/h2-12H2,1H3,(H,13,14,15);3-6H,1-2H2. The molecule has 0 aromatic carbocycles. The molecule has 0 unspecified atom stereocenters. The minimum atomic E-state index is -4.23. The van der Waals surface area contributed by atoms with Crippen molar-refractivity contribution in [1.82, 2.24) is 0 Å². The Labute approximate surface area is 140 Å². The highest BCUT2D eigenvalue weighted by atomic mass is 32.3. The van der Waals surface area contributed by atoms with Gasteiger partial charge in [0, 0.05) is 0 Å². The van der Waals surface area contributed by atoms with Crippen LogP contribution in [0.4, 0.5) is 0 Å². The molecule has 4 N–H and O–H groups in total. The van der Waals surface area contributed by atoms with Crippen molar-refractivity contribution in [3.63, 3.8) is 0 Å². The molecule has 0 aromatic heterocycles. The van der Waals surface area contributed by atoms with Crippen LogP contribution in [0.25, 0.3) is 0 Å². The van der Waals surface area contributed by atoms with Gasteiger partial charge in [0.2, 0.25) is 0 Å². The summed E-state index contributed by atoms with van der Waals surface area (Å²) in [4.78, 5) is 0. The van der Waals surface area contributed by atoms with Gasteiger partial charge in [-0.15, -0.1) is 0 Å². The zero-order valence-electron chi connectivity index (χ0n) is 14.2. The maximum atomic E-state index is 10.2. The van der Waals surface area contributed by atoms with Gasteiger partial charge in [-0.05, 0) is 6.42 Å². The lowest BCUT2D eigenvalue weighted by atomic mass is 10.1. The van der Waals surface area contributed by atoms with Gasteiger partial charge >= 0.3 is 10.4 Å². The third-order valence-corrected chi connectivity index (χ3v) is 3.62. The number of unbranched alkanes of at least 4 members (excludes halogenated alkanes) is 9. The average Bonchev–Trinajstić information content (AvgIpc) is 2.51. The van der Waals surface area contributed by atoms with E-state index in [1.807, 2.05) is 0 Å². The van der Waals surface area contributed by atoms with E-state index < -0.39 is 16.5 Å². The summed E-state index contributed by atoms with van der Waals surface area (Å²) >= 11 is 0. The van der Waals surface area contributed by atoms with E-state index in [1.54, 1.807) is 0 Å². The number of aliphatic hydroxyl groups is 3. The molecule has 0 aliphatic heterocycles. The van der Waals surface area contributed by atoms with Crippen LogP contribution in [0.2, 0.25) is 0 Å². The summed E-state index contributed by atoms with van der Waals surface area (Å²) in [6, 6.07) is 0. The maximum absolute atomic E-state index is 10.2. The van der Waals surface area contributed by atoms with E-state index in [0.717, 1.165) is 12.8 Å². The van der Waals surface area contributed by atoms with Gasteiger partial charge in [0.25, 0.3) is 0 Å². The van der Waals surface area contributed by atoms with Crippen molar-refractivity contribution in [2.75, 3.05) is 19.8 Å². The fourth-order valence-corrected chi connectivity index (χ4v) is 2.14. The molecule has 0 heterocycles. The molecule has 8 heteroatoms. The molecule has 0 saturated carbocycles. The Morgan fingerprint density at radius 1 is 0.826 bits per heavy atom. The molecule has 0 aromatic rings. The van der Waals surface area contributed by atoms with Crippen molar-refractivity contribution in [3.8, 4) is 0 Å². The predicted molar refractivity (Wildman–Crippen MR) is 89.5 cm³/mol. The smallest absolute Gasteiger partial charge is 0.394 e. The van der Waals surface area contributed by atoms with Gasteiger partial charge in [0.15, 0.2) is 0 Å². The second-order valence-electron chi connectivity index (χ2n) is 5.45. The summed E-state index contributed by atoms with van der Waals surface area (Å²) in [7, 11) is -4.23. The van der Waals surface area contributed by atoms with Crippen molar-refractivity contribution >= 4 is 10.4 Å². The Kier molecular flexibility index (Phi) is 19.7. The van der Waals surface area contributed by atoms with E-state index in [2.05, 4.69) is 11.1 Å². The number of rotatable bonds is 14. The molecule has 0 atom stereocenters. The van der Waals surface area contributed by atoms with Crippen LogP contribution in [-0.4, -0.2) is 54.2 Å². The second kappa shape index (κ2) is 18.1. The van der Waals surface area contributed by atoms with Gasteiger partial charge in [-0.2, -0.15) is 8.42 Å². The molecule has 142 valence electrons. The van der Waals surface area contributed by atoms with Gasteiger partial charge in [-0.1, -0.05) is 64.7 Å². The van der Waals surface area contributed by atoms with E-state index >= 15 is 0 Å². The van der Waals surface area contributed by atoms with Gasteiger partial charge in [0.05, 0.1) is 19.8 Å². The largest absolute Gasteiger partial charge is 0.397 e. The summed E-state index contributed by atoms with van der Waals surface area (Å²) in [5.41, 5.74) is 0. The van der Waals surface area contributed by atoms with Crippen LogP contribution >= 0.6 is 0 Å². The summed E-state index contributed by atoms with van der Waals surface area (Å²) in [6.45, 7) is 1.58. The normalized spacial score (nSPS) is 11.4. The Morgan fingerprint density at radius 3 is 1.52 bits per heavy atom. The van der Waals surface area contributed by atoms with Crippen LogP contribution in [0.15, 0.2) is 0 Å². The van der Waals surface area contributed by atoms with Crippen molar-refractivity contribution in [2.24, 2.45) is 0 Å². The molecule has 0 spiro atoms. The SMILES string of the molecule is CCCCCCCCCCCCOS(=O)(=O)O.OCC(O)CO. The van der Waals surface area contributed by atoms with Crippen molar-refractivity contribution < 1.29 is 32.5 Å². The van der Waals surface area contributed by atoms with Gasteiger partial charge < -0.3 is 15.3 Å². The number of hydrogen-bond donors (Lipinski definition) is 4. The molecular weight excluding hydrogens is 324 g/mol. The van der Waals surface area contributed by atoms with Gasteiger partial charge in [-0.3, -0.25) is 4.55 Å². The summed E-state index contributed by atoms with van der Waals surface area (Å²) in [6.07, 6.45) is 10.9. The van der Waals surface area contributed by atoms with E-state index in [0.29, 0.717) is 6.42 Å². The zero-order valence-corrected chi connectivity index (χ0v) is 15.0. The number of aliphatic hydroxyl groups excluding tert-OH is 3. The Hall–Kier alpha value is -0.250. The van der Waals surface area contributed by atoms with Crippen molar-refractivity contribution in [3.05, 3.63) is 0 Å². The van der Waals surface area contributed by atoms with Gasteiger partial charge in [-0.25, -0.2) is 4.18 Å². The molecule has 0 rings (SSSR count). The quantitative estimate of drug-likeness (QED) is 0.277. The van der Waals surface area contributed by atoms with Crippen LogP contribution in [0.3, 0.4) is 0 Å². The molecule has 0 saturated heterocycles. The Bertz CT molecular complexity index is 316. The average molecular weight is 358 g/mol. The first kappa shape index (κ1) is 25.0. The highest BCUT2D eigenvalue weighted by Gasteiger charge is 2.02. The highest BCUT2D eigenvalue weighted by molar-refractivity contribution is 7.80. The summed E-state index contributed by atoms with van der Waals surface area (Å²) in [5, 5.41) is 24.0. The first-order valence-corrected chi connectivity index (χ1v) is 9.75. The molecule has 23 heavy (non-hydrogen) atoms.